The number of nitrogens with zero attached hydrogens (tertiary/aromatic N) is 1. The van der Waals surface area contributed by atoms with Crippen LogP contribution in [0.25, 0.3) is 0 Å². The molecule has 0 aromatic heterocycles. The fraction of sp³-hybridized carbons (Fsp3) is 0.462. The van der Waals surface area contributed by atoms with Crippen LogP contribution in [0.5, 0.6) is 0 Å². The Morgan fingerprint density at radius 1 is 1.42 bits per heavy atom. The number of benzene rings is 1. The first kappa shape index (κ1) is 15.8. The Bertz CT molecular complexity index is 451. The number of rotatable bonds is 7. The maximum atomic E-state index is 13.3. The zero-order chi connectivity index (χ0) is 14.4. The molecule has 1 aromatic rings. The van der Waals surface area contributed by atoms with Gasteiger partial charge >= 0.3 is 5.97 Å². The van der Waals surface area contributed by atoms with E-state index in [4.69, 9.17) is 10.8 Å². The molecule has 0 atom stereocenters. The summed E-state index contributed by atoms with van der Waals surface area (Å²) >= 11 is 1.39. The number of halogens is 1. The van der Waals surface area contributed by atoms with Gasteiger partial charge in [-0.1, -0.05) is 13.8 Å². The molecule has 0 radical (unpaired) electrons. The third-order valence-electron chi connectivity index (χ3n) is 2.93. The van der Waals surface area contributed by atoms with Crippen LogP contribution in [0.1, 0.15) is 24.2 Å². The number of aromatic carboxylic acids is 1. The van der Waals surface area contributed by atoms with Gasteiger partial charge in [0.05, 0.1) is 11.3 Å². The maximum absolute atomic E-state index is 13.3. The molecular weight excluding hydrogens is 267 g/mol. The summed E-state index contributed by atoms with van der Waals surface area (Å²) in [6.45, 7) is 6.91. The van der Waals surface area contributed by atoms with Gasteiger partial charge in [-0.25, -0.2) is 9.18 Å². The van der Waals surface area contributed by atoms with E-state index in [0.717, 1.165) is 25.4 Å². The minimum absolute atomic E-state index is 0.135. The van der Waals surface area contributed by atoms with E-state index >= 15 is 0 Å². The van der Waals surface area contributed by atoms with E-state index in [1.807, 2.05) is 0 Å². The summed E-state index contributed by atoms with van der Waals surface area (Å²) in [5.74, 6) is -1.14. The number of anilines is 1. The number of nitrogens with two attached hydrogens (primary N) is 1. The Balaban J connectivity index is 2.79. The SMILES string of the molecule is CCN(CC)CCSc1ccc(F)c(N)c1C(=O)O. The lowest BCUT2D eigenvalue weighted by Gasteiger charge is -2.17. The quantitative estimate of drug-likeness (QED) is 0.595. The lowest BCUT2D eigenvalue weighted by Crippen LogP contribution is -2.25. The van der Waals surface area contributed by atoms with Crippen molar-refractivity contribution in [2.75, 3.05) is 31.1 Å². The number of carbonyl (C=O) groups is 1. The van der Waals surface area contributed by atoms with Crippen LogP contribution in [0.4, 0.5) is 10.1 Å². The van der Waals surface area contributed by atoms with E-state index < -0.39 is 11.8 Å². The van der Waals surface area contributed by atoms with E-state index in [2.05, 4.69) is 18.7 Å². The molecule has 4 nitrogen and oxygen atoms in total. The predicted molar refractivity (Wildman–Crippen MR) is 76.3 cm³/mol. The lowest BCUT2D eigenvalue weighted by atomic mass is 10.2. The zero-order valence-electron chi connectivity index (χ0n) is 11.1. The minimum Gasteiger partial charge on any atom is -0.478 e. The Kier molecular flexibility index (Phi) is 6.11. The lowest BCUT2D eigenvalue weighted by molar-refractivity contribution is 0.0694. The summed E-state index contributed by atoms with van der Waals surface area (Å²) in [6, 6.07) is 2.68. The van der Waals surface area contributed by atoms with Crippen LogP contribution in [0.15, 0.2) is 17.0 Å². The second-order valence-electron chi connectivity index (χ2n) is 4.01. The molecule has 0 amide bonds. The number of carboxylic acids is 1. The third kappa shape index (κ3) is 4.11. The molecule has 1 aromatic carbocycles. The van der Waals surface area contributed by atoms with Crippen LogP contribution >= 0.6 is 11.8 Å². The van der Waals surface area contributed by atoms with E-state index in [1.54, 1.807) is 0 Å². The highest BCUT2D eigenvalue weighted by molar-refractivity contribution is 7.99. The summed E-state index contributed by atoms with van der Waals surface area (Å²) < 4.78 is 13.3. The van der Waals surface area contributed by atoms with Crippen LogP contribution in [-0.4, -0.2) is 41.4 Å². The first-order valence-electron chi connectivity index (χ1n) is 6.17. The van der Waals surface area contributed by atoms with Gasteiger partial charge < -0.3 is 15.7 Å². The molecule has 0 unspecified atom stereocenters. The summed E-state index contributed by atoms with van der Waals surface area (Å²) in [6.07, 6.45) is 0. The molecule has 106 valence electrons. The monoisotopic (exact) mass is 286 g/mol. The Hall–Kier alpha value is -1.27. The molecule has 6 heteroatoms. The zero-order valence-corrected chi connectivity index (χ0v) is 12.0. The van der Waals surface area contributed by atoms with Crippen molar-refractivity contribution in [3.63, 3.8) is 0 Å². The highest BCUT2D eigenvalue weighted by Gasteiger charge is 2.17. The summed E-state index contributed by atoms with van der Waals surface area (Å²) in [7, 11) is 0. The van der Waals surface area contributed by atoms with Crippen LogP contribution < -0.4 is 5.73 Å². The molecule has 0 bridgehead atoms. The second-order valence-corrected chi connectivity index (χ2v) is 5.15. The molecule has 0 aliphatic carbocycles. The smallest absolute Gasteiger partial charge is 0.339 e. The molecule has 0 spiro atoms. The molecule has 0 heterocycles. The third-order valence-corrected chi connectivity index (χ3v) is 3.97. The van der Waals surface area contributed by atoms with Crippen molar-refractivity contribution in [2.24, 2.45) is 0 Å². The standard InChI is InChI=1S/C13H19FN2O2S/c1-3-16(4-2)7-8-19-10-6-5-9(14)12(15)11(10)13(17)18/h5-6H,3-4,7-8,15H2,1-2H3,(H,17,18). The van der Waals surface area contributed by atoms with Gasteiger partial charge in [0.1, 0.15) is 5.82 Å². The Morgan fingerprint density at radius 3 is 2.58 bits per heavy atom. The van der Waals surface area contributed by atoms with Crippen molar-refractivity contribution in [1.29, 1.82) is 0 Å². The largest absolute Gasteiger partial charge is 0.478 e. The average Bonchev–Trinajstić information content (AvgIpc) is 2.38. The summed E-state index contributed by atoms with van der Waals surface area (Å²) in [5.41, 5.74) is 5.06. The fourth-order valence-electron chi connectivity index (χ4n) is 1.74. The van der Waals surface area contributed by atoms with Gasteiger partial charge in [-0.05, 0) is 25.2 Å². The minimum atomic E-state index is -1.19. The molecular formula is C13H19FN2O2S. The van der Waals surface area contributed by atoms with Crippen molar-refractivity contribution in [1.82, 2.24) is 4.90 Å². The van der Waals surface area contributed by atoms with E-state index in [-0.39, 0.29) is 11.3 Å². The number of thioether (sulfide) groups is 1. The number of hydrogen-bond acceptors (Lipinski definition) is 4. The highest BCUT2D eigenvalue weighted by Crippen LogP contribution is 2.29. The molecule has 0 aliphatic heterocycles. The van der Waals surface area contributed by atoms with Crippen molar-refractivity contribution >= 4 is 23.4 Å². The van der Waals surface area contributed by atoms with E-state index in [9.17, 15) is 9.18 Å². The van der Waals surface area contributed by atoms with Crippen LogP contribution in [0.3, 0.4) is 0 Å². The maximum Gasteiger partial charge on any atom is 0.339 e. The van der Waals surface area contributed by atoms with Gasteiger partial charge in [0, 0.05) is 17.2 Å². The van der Waals surface area contributed by atoms with Gasteiger partial charge in [0.25, 0.3) is 0 Å². The first-order chi connectivity index (χ1) is 9.01. The first-order valence-corrected chi connectivity index (χ1v) is 7.16. The van der Waals surface area contributed by atoms with Crippen LogP contribution in [-0.2, 0) is 0 Å². The number of hydrogen-bond donors (Lipinski definition) is 2. The molecule has 1 rings (SSSR count). The molecule has 19 heavy (non-hydrogen) atoms. The molecule has 0 fully saturated rings. The Labute approximate surface area is 116 Å². The van der Waals surface area contributed by atoms with E-state index in [0.29, 0.717) is 4.90 Å². The summed E-state index contributed by atoms with van der Waals surface area (Å²) in [5, 5.41) is 9.10. The van der Waals surface area contributed by atoms with Gasteiger partial charge in [0.2, 0.25) is 0 Å². The van der Waals surface area contributed by atoms with E-state index in [1.165, 1.54) is 23.9 Å². The van der Waals surface area contributed by atoms with Gasteiger partial charge in [-0.3, -0.25) is 0 Å². The van der Waals surface area contributed by atoms with Crippen molar-refractivity contribution in [2.45, 2.75) is 18.7 Å². The predicted octanol–water partition coefficient (Wildman–Crippen LogP) is 2.54. The molecule has 0 saturated heterocycles. The van der Waals surface area contributed by atoms with Crippen molar-refractivity contribution < 1.29 is 14.3 Å². The van der Waals surface area contributed by atoms with Gasteiger partial charge in [-0.15, -0.1) is 11.8 Å². The number of carboxylic acid groups (broad SMARTS) is 1. The van der Waals surface area contributed by atoms with Crippen molar-refractivity contribution in [3.05, 3.63) is 23.5 Å². The van der Waals surface area contributed by atoms with Gasteiger partial charge in [-0.2, -0.15) is 0 Å². The van der Waals surface area contributed by atoms with Crippen LogP contribution in [0, 0.1) is 5.82 Å². The molecule has 3 N–H and O–H groups in total. The Morgan fingerprint density at radius 2 is 2.05 bits per heavy atom. The normalized spacial score (nSPS) is 10.9. The number of nitrogen functional groups attached to an aromatic ring is 1. The van der Waals surface area contributed by atoms with Crippen LogP contribution in [0.2, 0.25) is 0 Å². The summed E-state index contributed by atoms with van der Waals surface area (Å²) in [4.78, 5) is 13.9. The molecule has 0 aliphatic rings. The topological polar surface area (TPSA) is 66.6 Å². The van der Waals surface area contributed by atoms with Gasteiger partial charge in [0.15, 0.2) is 0 Å². The average molecular weight is 286 g/mol. The second kappa shape index (κ2) is 7.35. The molecule has 0 saturated carbocycles. The highest BCUT2D eigenvalue weighted by atomic mass is 32.2. The van der Waals surface area contributed by atoms with Crippen molar-refractivity contribution in [3.8, 4) is 0 Å². The fourth-order valence-corrected chi connectivity index (χ4v) is 2.81.